The van der Waals surface area contributed by atoms with Crippen LogP contribution in [0.4, 0.5) is 13.2 Å². The van der Waals surface area contributed by atoms with Crippen LogP contribution < -0.4 is 4.74 Å². The third-order valence-corrected chi connectivity index (χ3v) is 5.75. The highest BCUT2D eigenvalue weighted by atomic mass is 35.5. The van der Waals surface area contributed by atoms with E-state index in [1.54, 1.807) is 17.8 Å². The lowest BCUT2D eigenvalue weighted by atomic mass is 9.99. The first-order valence-corrected chi connectivity index (χ1v) is 10.1. The molecule has 1 saturated carbocycles. The van der Waals surface area contributed by atoms with Gasteiger partial charge in [0.2, 0.25) is 0 Å². The standard InChI is InChI=1S/C20H20ClF3OS/c1-3-12-8-16(12)14-9-17(13-4-6-15(26-2)7-5-13)19(18(21)10-14)25-11-20(22,23)24/h4-7,9-10,12,16H,3,8,11H2,1-2H3. The lowest BCUT2D eigenvalue weighted by Gasteiger charge is -2.17. The van der Waals surface area contributed by atoms with Gasteiger partial charge in [0.05, 0.1) is 5.02 Å². The van der Waals surface area contributed by atoms with Gasteiger partial charge in [0.1, 0.15) is 5.75 Å². The number of ether oxygens (including phenoxy) is 1. The van der Waals surface area contributed by atoms with Gasteiger partial charge in [-0.1, -0.05) is 37.1 Å². The van der Waals surface area contributed by atoms with Crippen molar-refractivity contribution in [3.63, 3.8) is 0 Å². The molecule has 0 spiro atoms. The molecule has 3 rings (SSSR count). The highest BCUT2D eigenvalue weighted by Crippen LogP contribution is 2.52. The van der Waals surface area contributed by atoms with Gasteiger partial charge in [0, 0.05) is 10.5 Å². The SMILES string of the molecule is CCC1CC1c1cc(Cl)c(OCC(F)(F)F)c(-c2ccc(SC)cc2)c1. The maximum Gasteiger partial charge on any atom is 0.422 e. The molecule has 1 fully saturated rings. The molecule has 1 nitrogen and oxygen atoms in total. The average molecular weight is 401 g/mol. The molecule has 0 aromatic heterocycles. The Labute approximate surface area is 160 Å². The Balaban J connectivity index is 2.01. The van der Waals surface area contributed by atoms with Gasteiger partial charge in [-0.15, -0.1) is 11.8 Å². The van der Waals surface area contributed by atoms with Crippen LogP contribution in [0.15, 0.2) is 41.3 Å². The molecule has 1 aliphatic carbocycles. The zero-order valence-corrected chi connectivity index (χ0v) is 16.1. The van der Waals surface area contributed by atoms with E-state index >= 15 is 0 Å². The molecule has 6 heteroatoms. The topological polar surface area (TPSA) is 9.23 Å². The number of rotatable bonds is 6. The molecule has 0 radical (unpaired) electrons. The molecule has 2 aromatic rings. The third kappa shape index (κ3) is 4.49. The molecular weight excluding hydrogens is 381 g/mol. The van der Waals surface area contributed by atoms with Crippen molar-refractivity contribution in [3.05, 3.63) is 47.0 Å². The van der Waals surface area contributed by atoms with Crippen molar-refractivity contribution < 1.29 is 17.9 Å². The fourth-order valence-corrected chi connectivity index (χ4v) is 3.91. The van der Waals surface area contributed by atoms with Crippen molar-refractivity contribution >= 4 is 23.4 Å². The van der Waals surface area contributed by atoms with Gasteiger partial charge in [-0.3, -0.25) is 0 Å². The summed E-state index contributed by atoms with van der Waals surface area (Å²) in [7, 11) is 0. The van der Waals surface area contributed by atoms with Crippen molar-refractivity contribution in [2.24, 2.45) is 5.92 Å². The number of halogens is 4. The number of thioether (sulfide) groups is 1. The Morgan fingerprint density at radius 2 is 1.88 bits per heavy atom. The summed E-state index contributed by atoms with van der Waals surface area (Å²) in [5.74, 6) is 1.15. The Morgan fingerprint density at radius 3 is 2.42 bits per heavy atom. The molecule has 2 aromatic carbocycles. The van der Waals surface area contributed by atoms with Gasteiger partial charge in [0.15, 0.2) is 6.61 Å². The molecule has 26 heavy (non-hydrogen) atoms. The van der Waals surface area contributed by atoms with E-state index in [-0.39, 0.29) is 10.8 Å². The Hall–Kier alpha value is -1.33. The number of hydrogen-bond donors (Lipinski definition) is 0. The zero-order valence-electron chi connectivity index (χ0n) is 14.6. The number of alkyl halides is 3. The summed E-state index contributed by atoms with van der Waals surface area (Å²) in [6.45, 7) is 0.790. The van der Waals surface area contributed by atoms with E-state index in [9.17, 15) is 13.2 Å². The van der Waals surface area contributed by atoms with Crippen molar-refractivity contribution in [1.29, 1.82) is 0 Å². The van der Waals surface area contributed by atoms with E-state index in [0.29, 0.717) is 17.4 Å². The normalized spacial score (nSPS) is 19.5. The summed E-state index contributed by atoms with van der Waals surface area (Å²) in [4.78, 5) is 1.09. The smallest absolute Gasteiger partial charge is 0.422 e. The summed E-state index contributed by atoms with van der Waals surface area (Å²) < 4.78 is 43.0. The van der Waals surface area contributed by atoms with Gasteiger partial charge in [-0.05, 0) is 59.9 Å². The second kappa shape index (κ2) is 7.73. The first-order chi connectivity index (χ1) is 12.3. The van der Waals surface area contributed by atoms with Crippen LogP contribution >= 0.6 is 23.4 Å². The lowest BCUT2D eigenvalue weighted by Crippen LogP contribution is -2.19. The van der Waals surface area contributed by atoms with Gasteiger partial charge in [0.25, 0.3) is 0 Å². The molecule has 2 unspecified atom stereocenters. The molecule has 0 N–H and O–H groups in total. The monoisotopic (exact) mass is 400 g/mol. The maximum atomic E-state index is 12.6. The summed E-state index contributed by atoms with van der Waals surface area (Å²) in [5.41, 5.74) is 2.49. The molecule has 0 saturated heterocycles. The first kappa shape index (κ1) is 19.4. The van der Waals surface area contributed by atoms with E-state index in [4.69, 9.17) is 16.3 Å². The van der Waals surface area contributed by atoms with Crippen LogP contribution in [-0.4, -0.2) is 19.0 Å². The molecule has 0 amide bonds. The van der Waals surface area contributed by atoms with Crippen molar-refractivity contribution in [2.45, 2.75) is 36.8 Å². The van der Waals surface area contributed by atoms with Crippen LogP contribution in [0, 0.1) is 5.92 Å². The van der Waals surface area contributed by atoms with Crippen LogP contribution in [0.25, 0.3) is 11.1 Å². The highest BCUT2D eigenvalue weighted by Gasteiger charge is 2.37. The van der Waals surface area contributed by atoms with E-state index in [1.807, 2.05) is 36.6 Å². The van der Waals surface area contributed by atoms with Gasteiger partial charge >= 0.3 is 6.18 Å². The predicted octanol–water partition coefficient (Wildman–Crippen LogP) is 7.18. The minimum atomic E-state index is -4.41. The van der Waals surface area contributed by atoms with Crippen molar-refractivity contribution in [2.75, 3.05) is 12.9 Å². The molecule has 0 bridgehead atoms. The zero-order chi connectivity index (χ0) is 18.9. The molecule has 1 aliphatic rings. The van der Waals surface area contributed by atoms with Crippen LogP contribution in [0.1, 0.15) is 31.2 Å². The summed E-state index contributed by atoms with van der Waals surface area (Å²) in [6, 6.07) is 11.4. The minimum Gasteiger partial charge on any atom is -0.482 e. The lowest BCUT2D eigenvalue weighted by molar-refractivity contribution is -0.153. The molecular formula is C20H20ClF3OS. The van der Waals surface area contributed by atoms with Crippen LogP contribution in [0.5, 0.6) is 5.75 Å². The van der Waals surface area contributed by atoms with Crippen molar-refractivity contribution in [3.8, 4) is 16.9 Å². The van der Waals surface area contributed by atoms with Crippen molar-refractivity contribution in [1.82, 2.24) is 0 Å². The van der Waals surface area contributed by atoms with E-state index in [0.717, 1.165) is 28.9 Å². The van der Waals surface area contributed by atoms with E-state index in [1.165, 1.54) is 0 Å². The molecule has 0 heterocycles. The Kier molecular flexibility index (Phi) is 5.78. The first-order valence-electron chi connectivity index (χ1n) is 8.49. The summed E-state index contributed by atoms with van der Waals surface area (Å²) in [5, 5.41) is 0.234. The predicted molar refractivity (Wildman–Crippen MR) is 101 cm³/mol. The second-order valence-electron chi connectivity index (χ2n) is 6.52. The van der Waals surface area contributed by atoms with Crippen LogP contribution in [-0.2, 0) is 0 Å². The second-order valence-corrected chi connectivity index (χ2v) is 7.81. The third-order valence-electron chi connectivity index (χ3n) is 4.72. The fourth-order valence-electron chi connectivity index (χ4n) is 3.22. The van der Waals surface area contributed by atoms with Gasteiger partial charge in [-0.25, -0.2) is 0 Å². The van der Waals surface area contributed by atoms with Gasteiger partial charge in [-0.2, -0.15) is 13.2 Å². The Bertz CT molecular complexity index is 774. The minimum absolute atomic E-state index is 0.0957. The van der Waals surface area contributed by atoms with Gasteiger partial charge < -0.3 is 4.74 Å². The van der Waals surface area contributed by atoms with E-state index < -0.39 is 12.8 Å². The summed E-state index contributed by atoms with van der Waals surface area (Å²) >= 11 is 7.95. The number of hydrogen-bond acceptors (Lipinski definition) is 2. The largest absolute Gasteiger partial charge is 0.482 e. The van der Waals surface area contributed by atoms with Crippen LogP contribution in [0.3, 0.4) is 0 Å². The molecule has 140 valence electrons. The maximum absolute atomic E-state index is 12.6. The fraction of sp³-hybridized carbons (Fsp3) is 0.400. The van der Waals surface area contributed by atoms with E-state index in [2.05, 4.69) is 6.92 Å². The van der Waals surface area contributed by atoms with Crippen LogP contribution in [0.2, 0.25) is 5.02 Å². The number of benzene rings is 2. The highest BCUT2D eigenvalue weighted by molar-refractivity contribution is 7.98. The Morgan fingerprint density at radius 1 is 1.19 bits per heavy atom. The molecule has 0 aliphatic heterocycles. The molecule has 2 atom stereocenters. The summed E-state index contributed by atoms with van der Waals surface area (Å²) in [6.07, 6.45) is -0.249. The average Bonchev–Trinajstić information content (AvgIpc) is 3.39. The quantitative estimate of drug-likeness (QED) is 0.475.